The molecule has 0 amide bonds. The van der Waals surface area contributed by atoms with Crippen molar-refractivity contribution in [3.05, 3.63) is 0 Å². The number of hydrogen-bond acceptors (Lipinski definition) is 1. The van der Waals surface area contributed by atoms with Crippen molar-refractivity contribution in [1.29, 1.82) is 5.26 Å². The van der Waals surface area contributed by atoms with Gasteiger partial charge in [-0.2, -0.15) is 5.26 Å². The van der Waals surface area contributed by atoms with Gasteiger partial charge in [0.1, 0.15) is 0 Å². The number of rotatable bonds is 13. The quantitative estimate of drug-likeness (QED) is 0.355. The first kappa shape index (κ1) is 17.5. The molecular weight excluding hydrogens is 218 g/mol. The smallest absolute Gasteiger partial charge is 0.0621 e. The lowest BCUT2D eigenvalue weighted by atomic mass is 9.90. The largest absolute Gasteiger partial charge is 0.198 e. The van der Waals surface area contributed by atoms with Crippen LogP contribution in [0.2, 0.25) is 0 Å². The monoisotopic (exact) mass is 251 g/mol. The Morgan fingerprint density at radius 3 is 1.83 bits per heavy atom. The zero-order valence-electron chi connectivity index (χ0n) is 12.7. The van der Waals surface area contributed by atoms with Gasteiger partial charge in [0.05, 0.1) is 6.07 Å². The Morgan fingerprint density at radius 2 is 1.28 bits per heavy atom. The van der Waals surface area contributed by atoms with Gasteiger partial charge in [-0.15, -0.1) is 0 Å². The van der Waals surface area contributed by atoms with E-state index in [0.717, 1.165) is 18.8 Å². The van der Waals surface area contributed by atoms with Crippen molar-refractivity contribution < 1.29 is 0 Å². The highest BCUT2D eigenvalue weighted by Crippen LogP contribution is 2.23. The second-order valence-corrected chi connectivity index (χ2v) is 5.62. The van der Waals surface area contributed by atoms with Crippen LogP contribution in [0.4, 0.5) is 0 Å². The molecule has 0 radical (unpaired) electrons. The van der Waals surface area contributed by atoms with Gasteiger partial charge in [0.2, 0.25) is 0 Å². The fourth-order valence-electron chi connectivity index (χ4n) is 2.60. The van der Waals surface area contributed by atoms with Crippen LogP contribution in [-0.4, -0.2) is 0 Å². The molecule has 1 heteroatoms. The average Bonchev–Trinajstić information content (AvgIpc) is 2.39. The Labute approximate surface area is 115 Å². The molecule has 18 heavy (non-hydrogen) atoms. The molecule has 106 valence electrons. The molecule has 1 atom stereocenters. The van der Waals surface area contributed by atoms with Crippen molar-refractivity contribution in [3.8, 4) is 6.07 Å². The van der Waals surface area contributed by atoms with Crippen LogP contribution in [0.25, 0.3) is 0 Å². The molecule has 0 aromatic heterocycles. The van der Waals surface area contributed by atoms with Gasteiger partial charge >= 0.3 is 0 Å². The fraction of sp³-hybridized carbons (Fsp3) is 0.941. The lowest BCUT2D eigenvalue weighted by molar-refractivity contribution is 0.373. The van der Waals surface area contributed by atoms with Gasteiger partial charge in [-0.3, -0.25) is 0 Å². The molecule has 0 heterocycles. The third kappa shape index (κ3) is 12.0. The summed E-state index contributed by atoms with van der Waals surface area (Å²) in [4.78, 5) is 0. The molecule has 1 unspecified atom stereocenters. The highest BCUT2D eigenvalue weighted by atomic mass is 14.2. The highest BCUT2D eigenvalue weighted by Gasteiger charge is 2.07. The van der Waals surface area contributed by atoms with Crippen molar-refractivity contribution in [2.45, 2.75) is 97.3 Å². The van der Waals surface area contributed by atoms with Gasteiger partial charge in [-0.1, -0.05) is 84.5 Å². The third-order valence-corrected chi connectivity index (χ3v) is 3.83. The van der Waals surface area contributed by atoms with Gasteiger partial charge in [0, 0.05) is 6.42 Å². The molecule has 0 rings (SSSR count). The topological polar surface area (TPSA) is 23.8 Å². The van der Waals surface area contributed by atoms with Crippen LogP contribution in [0.3, 0.4) is 0 Å². The predicted octanol–water partition coefficient (Wildman–Crippen LogP) is 6.24. The van der Waals surface area contributed by atoms with E-state index >= 15 is 0 Å². The van der Waals surface area contributed by atoms with Crippen LogP contribution in [0.5, 0.6) is 0 Å². The Bertz CT molecular complexity index is 192. The molecule has 0 aromatic rings. The lowest BCUT2D eigenvalue weighted by Gasteiger charge is -2.16. The molecular formula is C17H33N. The predicted molar refractivity (Wildman–Crippen MR) is 80.5 cm³/mol. The maximum absolute atomic E-state index is 8.51. The van der Waals surface area contributed by atoms with Crippen LogP contribution in [0, 0.1) is 17.2 Å². The van der Waals surface area contributed by atoms with E-state index in [1.807, 2.05) is 0 Å². The molecule has 1 nitrogen and oxygen atoms in total. The summed E-state index contributed by atoms with van der Waals surface area (Å²) in [5.41, 5.74) is 0. The number of nitrogens with zero attached hydrogens (tertiary/aromatic N) is 1. The fourth-order valence-corrected chi connectivity index (χ4v) is 2.60. The highest BCUT2D eigenvalue weighted by molar-refractivity contribution is 4.68. The Balaban J connectivity index is 3.60. The van der Waals surface area contributed by atoms with Gasteiger partial charge in [0.15, 0.2) is 0 Å². The van der Waals surface area contributed by atoms with Crippen molar-refractivity contribution in [2.75, 3.05) is 0 Å². The molecule has 0 bridgehead atoms. The van der Waals surface area contributed by atoms with E-state index in [9.17, 15) is 0 Å². The SMILES string of the molecule is CCCCCCC(CCCC)CCCCCC#N. The van der Waals surface area contributed by atoms with Crippen molar-refractivity contribution in [1.82, 2.24) is 0 Å². The van der Waals surface area contributed by atoms with Crippen molar-refractivity contribution >= 4 is 0 Å². The summed E-state index contributed by atoms with van der Waals surface area (Å²) in [5, 5.41) is 8.51. The molecule has 0 saturated heterocycles. The van der Waals surface area contributed by atoms with E-state index in [1.165, 1.54) is 70.6 Å². The molecule has 0 aliphatic heterocycles. The first-order valence-corrected chi connectivity index (χ1v) is 8.22. The van der Waals surface area contributed by atoms with E-state index in [1.54, 1.807) is 0 Å². The van der Waals surface area contributed by atoms with Crippen LogP contribution in [0.1, 0.15) is 97.3 Å². The summed E-state index contributed by atoms with van der Waals surface area (Å²) in [6, 6.07) is 2.24. The van der Waals surface area contributed by atoms with Crippen LogP contribution >= 0.6 is 0 Å². The minimum atomic E-state index is 0.746. The van der Waals surface area contributed by atoms with E-state index in [2.05, 4.69) is 19.9 Å². The first-order valence-electron chi connectivity index (χ1n) is 8.22. The molecule has 0 aliphatic carbocycles. The number of hydrogen-bond donors (Lipinski definition) is 0. The molecule has 0 saturated carbocycles. The van der Waals surface area contributed by atoms with Crippen molar-refractivity contribution in [3.63, 3.8) is 0 Å². The summed E-state index contributed by atoms with van der Waals surface area (Å²) in [7, 11) is 0. The van der Waals surface area contributed by atoms with Gasteiger partial charge in [-0.05, 0) is 12.3 Å². The lowest BCUT2D eigenvalue weighted by Crippen LogP contribution is -2.01. The zero-order chi connectivity index (χ0) is 13.5. The molecule has 0 N–H and O–H groups in total. The molecule has 0 aromatic carbocycles. The maximum atomic E-state index is 8.51. The van der Waals surface area contributed by atoms with E-state index in [-0.39, 0.29) is 0 Å². The average molecular weight is 251 g/mol. The Hall–Kier alpha value is -0.510. The van der Waals surface area contributed by atoms with Gasteiger partial charge < -0.3 is 0 Å². The molecule has 0 fully saturated rings. The number of nitriles is 1. The summed E-state index contributed by atoms with van der Waals surface area (Å²) in [6.45, 7) is 4.57. The summed E-state index contributed by atoms with van der Waals surface area (Å²) in [6.07, 6.45) is 17.1. The zero-order valence-corrected chi connectivity index (χ0v) is 12.7. The normalized spacial score (nSPS) is 12.3. The third-order valence-electron chi connectivity index (χ3n) is 3.83. The Morgan fingerprint density at radius 1 is 0.722 bits per heavy atom. The van der Waals surface area contributed by atoms with Crippen LogP contribution in [0.15, 0.2) is 0 Å². The van der Waals surface area contributed by atoms with Gasteiger partial charge in [0.25, 0.3) is 0 Å². The summed E-state index contributed by atoms with van der Waals surface area (Å²) < 4.78 is 0. The standard InChI is InChI=1S/C17H33N/c1-3-5-7-10-14-17(13-6-4-2)15-11-8-9-12-16-18/h17H,3-15H2,1-2H3. The summed E-state index contributed by atoms with van der Waals surface area (Å²) in [5.74, 6) is 0.962. The first-order chi connectivity index (χ1) is 8.85. The molecule has 0 spiro atoms. The number of unbranched alkanes of at least 4 members (excludes halogenated alkanes) is 7. The van der Waals surface area contributed by atoms with Crippen LogP contribution in [-0.2, 0) is 0 Å². The van der Waals surface area contributed by atoms with E-state index in [4.69, 9.17) is 5.26 Å². The van der Waals surface area contributed by atoms with Crippen molar-refractivity contribution in [2.24, 2.45) is 5.92 Å². The second-order valence-electron chi connectivity index (χ2n) is 5.62. The summed E-state index contributed by atoms with van der Waals surface area (Å²) >= 11 is 0. The van der Waals surface area contributed by atoms with Crippen LogP contribution < -0.4 is 0 Å². The molecule has 0 aliphatic rings. The Kier molecular flexibility index (Phi) is 14.1. The van der Waals surface area contributed by atoms with E-state index < -0.39 is 0 Å². The maximum Gasteiger partial charge on any atom is 0.0621 e. The minimum absolute atomic E-state index is 0.746. The second kappa shape index (κ2) is 14.6. The minimum Gasteiger partial charge on any atom is -0.198 e. The van der Waals surface area contributed by atoms with Gasteiger partial charge in [-0.25, -0.2) is 0 Å². The van der Waals surface area contributed by atoms with E-state index in [0.29, 0.717) is 0 Å².